The number of hydrogen-bond donors (Lipinski definition) is 1. The van der Waals surface area contributed by atoms with Crippen molar-refractivity contribution in [2.45, 2.75) is 6.92 Å². The second-order valence-corrected chi connectivity index (χ2v) is 4.51. The Morgan fingerprint density at radius 2 is 2.00 bits per heavy atom. The largest absolute Gasteiger partial charge is 0.339 e. The van der Waals surface area contributed by atoms with Gasteiger partial charge in [0.2, 0.25) is 0 Å². The van der Waals surface area contributed by atoms with Crippen molar-refractivity contribution in [3.63, 3.8) is 0 Å². The molecule has 2 N–H and O–H groups in total. The molecule has 14 heavy (non-hydrogen) atoms. The minimum atomic E-state index is 1.14. The van der Waals surface area contributed by atoms with Crippen LogP contribution in [0.4, 0.5) is 0 Å². The number of thiophene rings is 1. The zero-order valence-corrected chi connectivity index (χ0v) is 8.64. The van der Waals surface area contributed by atoms with Gasteiger partial charge in [0.05, 0.1) is 10.4 Å². The van der Waals surface area contributed by atoms with Crippen LogP contribution in [-0.2, 0) is 0 Å². The van der Waals surface area contributed by atoms with Crippen molar-refractivity contribution in [3.8, 4) is 0 Å². The molecule has 0 aliphatic rings. The molecule has 2 heterocycles. The minimum absolute atomic E-state index is 1.14. The SMILES string of the molecule is Cc1c2sc3ccccc3c2cn1N. The number of nitrogens with two attached hydrogens (primary N) is 1. The number of hydrogen-bond acceptors (Lipinski definition) is 2. The predicted octanol–water partition coefficient (Wildman–Crippen LogP) is 2.88. The molecule has 1 aromatic carbocycles. The summed E-state index contributed by atoms with van der Waals surface area (Å²) in [4.78, 5) is 0. The van der Waals surface area contributed by atoms with Gasteiger partial charge >= 0.3 is 0 Å². The van der Waals surface area contributed by atoms with Crippen LogP contribution in [0.2, 0.25) is 0 Å². The van der Waals surface area contributed by atoms with Gasteiger partial charge in [0.1, 0.15) is 0 Å². The first kappa shape index (κ1) is 7.88. The summed E-state index contributed by atoms with van der Waals surface area (Å²) >= 11 is 1.81. The Hall–Kier alpha value is -1.48. The fraction of sp³-hybridized carbons (Fsp3) is 0.0909. The van der Waals surface area contributed by atoms with E-state index >= 15 is 0 Å². The Labute approximate surface area is 85.5 Å². The number of nitrogens with zero attached hydrogens (tertiary/aromatic N) is 1. The molecule has 0 amide bonds. The highest BCUT2D eigenvalue weighted by molar-refractivity contribution is 7.26. The molecule has 0 saturated carbocycles. The molecule has 70 valence electrons. The molecule has 3 heteroatoms. The molecule has 0 radical (unpaired) electrons. The van der Waals surface area contributed by atoms with E-state index in [0.29, 0.717) is 0 Å². The van der Waals surface area contributed by atoms with Gasteiger partial charge in [-0.25, -0.2) is 0 Å². The van der Waals surface area contributed by atoms with Crippen molar-refractivity contribution >= 4 is 31.5 Å². The van der Waals surface area contributed by atoms with E-state index < -0.39 is 0 Å². The van der Waals surface area contributed by atoms with E-state index in [1.165, 1.54) is 20.2 Å². The molecular weight excluding hydrogens is 192 g/mol. The summed E-state index contributed by atoms with van der Waals surface area (Å²) in [5.41, 5.74) is 1.14. The lowest BCUT2D eigenvalue weighted by molar-refractivity contribution is 0.971. The van der Waals surface area contributed by atoms with Gasteiger partial charge in [-0.15, -0.1) is 11.3 Å². The normalized spacial score (nSPS) is 11.5. The minimum Gasteiger partial charge on any atom is -0.339 e. The Morgan fingerprint density at radius 3 is 2.86 bits per heavy atom. The van der Waals surface area contributed by atoms with Crippen molar-refractivity contribution in [1.82, 2.24) is 4.68 Å². The zero-order chi connectivity index (χ0) is 9.71. The van der Waals surface area contributed by atoms with Crippen molar-refractivity contribution in [3.05, 3.63) is 36.2 Å². The summed E-state index contributed by atoms with van der Waals surface area (Å²) in [6, 6.07) is 8.44. The van der Waals surface area contributed by atoms with Crippen LogP contribution in [0.25, 0.3) is 20.2 Å². The van der Waals surface area contributed by atoms with Crippen LogP contribution in [0, 0.1) is 6.92 Å². The number of nitrogen functional groups attached to an aromatic ring is 1. The molecular formula is C11H10N2S. The fourth-order valence-electron chi connectivity index (χ4n) is 1.82. The average molecular weight is 202 g/mol. The first-order valence-corrected chi connectivity index (χ1v) is 5.33. The Balaban J connectivity index is 2.60. The highest BCUT2D eigenvalue weighted by atomic mass is 32.1. The van der Waals surface area contributed by atoms with E-state index in [1.807, 2.05) is 17.5 Å². The maximum Gasteiger partial charge on any atom is 0.0582 e. The summed E-state index contributed by atoms with van der Waals surface area (Å²) in [6.07, 6.45) is 2.00. The van der Waals surface area contributed by atoms with E-state index in [-0.39, 0.29) is 0 Å². The van der Waals surface area contributed by atoms with E-state index in [9.17, 15) is 0 Å². The molecule has 0 saturated heterocycles. The van der Waals surface area contributed by atoms with Crippen LogP contribution in [-0.4, -0.2) is 4.68 Å². The number of aryl methyl sites for hydroxylation is 1. The predicted molar refractivity (Wildman–Crippen MR) is 62.2 cm³/mol. The van der Waals surface area contributed by atoms with E-state index in [2.05, 4.69) is 31.2 Å². The van der Waals surface area contributed by atoms with Gasteiger partial charge in [0.25, 0.3) is 0 Å². The number of benzene rings is 1. The molecule has 0 spiro atoms. The number of rotatable bonds is 0. The third-order valence-electron chi connectivity index (χ3n) is 2.62. The first-order chi connectivity index (χ1) is 6.77. The van der Waals surface area contributed by atoms with Gasteiger partial charge in [0, 0.05) is 21.7 Å². The Morgan fingerprint density at radius 1 is 1.21 bits per heavy atom. The molecule has 3 aromatic rings. The highest BCUT2D eigenvalue weighted by Gasteiger charge is 2.09. The van der Waals surface area contributed by atoms with Gasteiger partial charge in [0.15, 0.2) is 0 Å². The lowest BCUT2D eigenvalue weighted by atomic mass is 10.2. The fourth-order valence-corrected chi connectivity index (χ4v) is 3.00. The van der Waals surface area contributed by atoms with Crippen LogP contribution < -0.4 is 5.84 Å². The van der Waals surface area contributed by atoms with Crippen molar-refractivity contribution < 1.29 is 0 Å². The van der Waals surface area contributed by atoms with Gasteiger partial charge in [-0.3, -0.25) is 4.68 Å². The molecule has 0 fully saturated rings. The third-order valence-corrected chi connectivity index (χ3v) is 3.91. The Kier molecular flexibility index (Phi) is 1.42. The summed E-state index contributed by atoms with van der Waals surface area (Å²) in [5.74, 6) is 5.81. The maximum atomic E-state index is 5.81. The molecule has 0 unspecified atom stereocenters. The maximum absolute atomic E-state index is 5.81. The summed E-state index contributed by atoms with van der Waals surface area (Å²) in [6.45, 7) is 2.05. The molecule has 2 aromatic heterocycles. The number of aromatic nitrogens is 1. The van der Waals surface area contributed by atoms with Crippen LogP contribution >= 0.6 is 11.3 Å². The second kappa shape index (κ2) is 2.51. The lowest BCUT2D eigenvalue weighted by Gasteiger charge is -1.93. The monoisotopic (exact) mass is 202 g/mol. The van der Waals surface area contributed by atoms with Crippen LogP contribution in [0.1, 0.15) is 5.69 Å². The van der Waals surface area contributed by atoms with Crippen molar-refractivity contribution in [2.75, 3.05) is 5.84 Å². The third kappa shape index (κ3) is 0.849. The summed E-state index contributed by atoms with van der Waals surface area (Å²) in [5, 5.41) is 2.57. The molecule has 2 nitrogen and oxygen atoms in total. The van der Waals surface area contributed by atoms with Crippen LogP contribution in [0.5, 0.6) is 0 Å². The van der Waals surface area contributed by atoms with E-state index in [0.717, 1.165) is 5.69 Å². The standard InChI is InChI=1S/C11H10N2S/c1-7-11-9(6-13(7)12)8-4-2-3-5-10(8)14-11/h2-6H,12H2,1H3. The molecule has 0 aliphatic carbocycles. The zero-order valence-electron chi connectivity index (χ0n) is 7.82. The average Bonchev–Trinajstić information content (AvgIpc) is 2.67. The molecule has 0 atom stereocenters. The summed E-state index contributed by atoms with van der Waals surface area (Å²) in [7, 11) is 0. The summed E-state index contributed by atoms with van der Waals surface area (Å²) < 4.78 is 4.34. The van der Waals surface area contributed by atoms with Gasteiger partial charge in [-0.1, -0.05) is 18.2 Å². The lowest BCUT2D eigenvalue weighted by Crippen LogP contribution is -2.07. The van der Waals surface area contributed by atoms with Gasteiger partial charge in [-0.2, -0.15) is 0 Å². The Bertz CT molecular complexity index is 619. The highest BCUT2D eigenvalue weighted by Crippen LogP contribution is 2.35. The van der Waals surface area contributed by atoms with E-state index in [4.69, 9.17) is 5.84 Å². The smallest absolute Gasteiger partial charge is 0.0582 e. The second-order valence-electron chi connectivity index (χ2n) is 3.46. The van der Waals surface area contributed by atoms with Crippen molar-refractivity contribution in [2.24, 2.45) is 0 Å². The molecule has 0 bridgehead atoms. The quantitative estimate of drug-likeness (QED) is 0.558. The van der Waals surface area contributed by atoms with Gasteiger partial charge < -0.3 is 5.84 Å². The van der Waals surface area contributed by atoms with E-state index in [1.54, 1.807) is 4.68 Å². The van der Waals surface area contributed by atoms with Gasteiger partial charge in [-0.05, 0) is 13.0 Å². The van der Waals surface area contributed by atoms with Crippen LogP contribution in [0.15, 0.2) is 30.5 Å². The first-order valence-electron chi connectivity index (χ1n) is 4.51. The van der Waals surface area contributed by atoms with Crippen molar-refractivity contribution in [1.29, 1.82) is 0 Å². The van der Waals surface area contributed by atoms with Crippen LogP contribution in [0.3, 0.4) is 0 Å². The topological polar surface area (TPSA) is 30.9 Å². The number of fused-ring (bicyclic) bond motifs is 3. The molecule has 3 rings (SSSR count). The molecule has 0 aliphatic heterocycles.